The number of hydrogen-bond acceptors (Lipinski definition) is 14. The Morgan fingerprint density at radius 1 is 0.590 bits per heavy atom. The fourth-order valence-electron chi connectivity index (χ4n) is 4.25. The molecular weight excluding hydrogens is 543 g/mol. The summed E-state index contributed by atoms with van der Waals surface area (Å²) in [6.45, 7) is 4.77. The number of phosphoric ester groups is 1. The van der Waals surface area contributed by atoms with Gasteiger partial charge >= 0.3 is 37.7 Å². The Morgan fingerprint density at radius 2 is 0.872 bits per heavy atom. The quantitative estimate of drug-likeness (QED) is 0.263. The van der Waals surface area contributed by atoms with Crippen LogP contribution in [0.15, 0.2) is 24.3 Å². The van der Waals surface area contributed by atoms with Crippen molar-refractivity contribution in [3.05, 3.63) is 35.4 Å². The van der Waals surface area contributed by atoms with Gasteiger partial charge < -0.3 is 23.7 Å². The van der Waals surface area contributed by atoms with E-state index in [-0.39, 0.29) is 13.2 Å². The SMILES string of the molecule is CC(=O)OC1[C@H](OC(C)=O)[C@H](OC(C)=O)C(OP2(=O)OCc3ccccc3CO2)[C@H](OC(C)=O)[C@H]1OC(C)=O. The van der Waals surface area contributed by atoms with Crippen LogP contribution in [0.4, 0.5) is 0 Å². The molecule has 1 aromatic rings. The fourth-order valence-corrected chi connectivity index (χ4v) is 5.58. The van der Waals surface area contributed by atoms with Crippen molar-refractivity contribution in [1.82, 2.24) is 0 Å². The van der Waals surface area contributed by atoms with Gasteiger partial charge in [-0.05, 0) is 11.1 Å². The fraction of sp³-hybridized carbons (Fsp3) is 0.542. The van der Waals surface area contributed by atoms with Gasteiger partial charge in [-0.2, -0.15) is 0 Å². The highest BCUT2D eigenvalue weighted by molar-refractivity contribution is 7.48. The topological polar surface area (TPSA) is 176 Å². The summed E-state index contributed by atoms with van der Waals surface area (Å²) in [6.07, 6.45) is -10.1. The van der Waals surface area contributed by atoms with Gasteiger partial charge in [0.1, 0.15) is 0 Å². The second-order valence-corrected chi connectivity index (χ2v) is 10.3. The van der Waals surface area contributed by atoms with Crippen LogP contribution in [0.2, 0.25) is 0 Å². The number of benzene rings is 1. The summed E-state index contributed by atoms with van der Waals surface area (Å²) in [7, 11) is -4.51. The van der Waals surface area contributed by atoms with E-state index in [2.05, 4.69) is 0 Å². The first-order valence-electron chi connectivity index (χ1n) is 11.8. The van der Waals surface area contributed by atoms with Gasteiger partial charge in [-0.3, -0.25) is 37.5 Å². The molecule has 6 atom stereocenters. The van der Waals surface area contributed by atoms with Crippen LogP contribution in [0.3, 0.4) is 0 Å². The maximum atomic E-state index is 13.7. The van der Waals surface area contributed by atoms with Crippen LogP contribution in [0.1, 0.15) is 45.7 Å². The van der Waals surface area contributed by atoms with E-state index in [1.54, 1.807) is 24.3 Å². The highest BCUT2D eigenvalue weighted by atomic mass is 31.2. The molecule has 14 nitrogen and oxygen atoms in total. The molecule has 214 valence electrons. The number of esters is 5. The van der Waals surface area contributed by atoms with Gasteiger partial charge in [-0.15, -0.1) is 0 Å². The number of ether oxygens (including phenoxy) is 5. The van der Waals surface area contributed by atoms with Crippen LogP contribution in [0.25, 0.3) is 0 Å². The molecule has 0 N–H and O–H groups in total. The van der Waals surface area contributed by atoms with Gasteiger partial charge in [0.25, 0.3) is 0 Å². The third kappa shape index (κ3) is 7.85. The van der Waals surface area contributed by atoms with E-state index in [4.69, 9.17) is 37.3 Å². The van der Waals surface area contributed by atoms with E-state index in [0.29, 0.717) is 11.1 Å². The number of rotatable bonds is 7. The summed E-state index contributed by atoms with van der Waals surface area (Å²) in [5.41, 5.74) is 1.34. The van der Waals surface area contributed by atoms with E-state index in [1.807, 2.05) is 0 Å². The van der Waals surface area contributed by atoms with Crippen molar-refractivity contribution in [2.75, 3.05) is 0 Å². The largest absolute Gasteiger partial charge is 0.475 e. The Labute approximate surface area is 223 Å². The molecule has 39 heavy (non-hydrogen) atoms. The smallest absolute Gasteiger partial charge is 0.455 e. The first-order valence-corrected chi connectivity index (χ1v) is 13.3. The molecule has 1 aliphatic heterocycles. The maximum absolute atomic E-state index is 13.7. The monoisotopic (exact) mass is 572 g/mol. The second kappa shape index (κ2) is 12.7. The zero-order valence-electron chi connectivity index (χ0n) is 21.9. The summed E-state index contributed by atoms with van der Waals surface area (Å²) in [5, 5.41) is 0. The minimum absolute atomic E-state index is 0.187. The van der Waals surface area contributed by atoms with E-state index >= 15 is 0 Å². The lowest BCUT2D eigenvalue weighted by Crippen LogP contribution is -2.68. The van der Waals surface area contributed by atoms with Crippen molar-refractivity contribution in [2.24, 2.45) is 0 Å². The number of hydrogen-bond donors (Lipinski definition) is 0. The highest BCUT2D eigenvalue weighted by Gasteiger charge is 2.61. The van der Waals surface area contributed by atoms with Crippen molar-refractivity contribution in [3.8, 4) is 0 Å². The molecule has 1 aromatic carbocycles. The van der Waals surface area contributed by atoms with Crippen molar-refractivity contribution < 1.29 is 65.8 Å². The summed E-state index contributed by atoms with van der Waals surface area (Å²) in [5.74, 6) is -4.51. The Morgan fingerprint density at radius 3 is 1.15 bits per heavy atom. The zero-order valence-corrected chi connectivity index (χ0v) is 22.7. The summed E-state index contributed by atoms with van der Waals surface area (Å²) in [6, 6.07) is 6.96. The molecule has 2 unspecified atom stereocenters. The normalized spacial score (nSPS) is 27.6. The van der Waals surface area contributed by atoms with E-state index < -0.39 is 74.3 Å². The van der Waals surface area contributed by atoms with E-state index in [1.165, 1.54) is 0 Å². The molecular formula is C24H29O14P. The van der Waals surface area contributed by atoms with Crippen LogP contribution in [-0.4, -0.2) is 66.5 Å². The molecule has 2 aliphatic rings. The van der Waals surface area contributed by atoms with Crippen LogP contribution in [-0.2, 0) is 79.0 Å². The van der Waals surface area contributed by atoms with E-state index in [0.717, 1.165) is 34.6 Å². The molecule has 1 aliphatic carbocycles. The predicted octanol–water partition coefficient (Wildman–Crippen LogP) is 1.90. The minimum atomic E-state index is -4.51. The molecule has 1 heterocycles. The van der Waals surface area contributed by atoms with Crippen LogP contribution >= 0.6 is 7.82 Å². The molecule has 1 saturated carbocycles. The molecule has 3 rings (SSSR count). The van der Waals surface area contributed by atoms with E-state index in [9.17, 15) is 28.5 Å². The van der Waals surface area contributed by atoms with Gasteiger partial charge in [0.15, 0.2) is 36.6 Å². The van der Waals surface area contributed by atoms with Gasteiger partial charge in [0.2, 0.25) is 0 Å². The van der Waals surface area contributed by atoms with Crippen LogP contribution < -0.4 is 0 Å². The molecule has 1 fully saturated rings. The van der Waals surface area contributed by atoms with Gasteiger partial charge in [-0.1, -0.05) is 24.3 Å². The third-order valence-electron chi connectivity index (χ3n) is 5.58. The number of carbonyl (C=O) groups is 5. The second-order valence-electron chi connectivity index (χ2n) is 8.70. The predicted molar refractivity (Wildman–Crippen MR) is 126 cm³/mol. The van der Waals surface area contributed by atoms with Crippen molar-refractivity contribution in [2.45, 2.75) is 84.5 Å². The lowest BCUT2D eigenvalue weighted by Gasteiger charge is -2.47. The Kier molecular flexibility index (Phi) is 9.83. The molecule has 0 amide bonds. The van der Waals surface area contributed by atoms with Crippen molar-refractivity contribution >= 4 is 37.7 Å². The molecule has 0 saturated heterocycles. The lowest BCUT2D eigenvalue weighted by atomic mass is 9.83. The summed E-state index contributed by atoms with van der Waals surface area (Å²) >= 11 is 0. The first kappa shape index (κ1) is 30.2. The molecule has 0 aromatic heterocycles. The van der Waals surface area contributed by atoms with Crippen molar-refractivity contribution in [3.63, 3.8) is 0 Å². The zero-order chi connectivity index (χ0) is 28.9. The lowest BCUT2D eigenvalue weighted by molar-refractivity contribution is -0.253. The number of fused-ring (bicyclic) bond motifs is 1. The molecule has 0 spiro atoms. The Balaban J connectivity index is 2.11. The third-order valence-corrected chi connectivity index (χ3v) is 6.97. The highest BCUT2D eigenvalue weighted by Crippen LogP contribution is 2.55. The molecule has 0 radical (unpaired) electrons. The summed E-state index contributed by atoms with van der Waals surface area (Å²) < 4.78 is 57.2. The van der Waals surface area contributed by atoms with Crippen LogP contribution in [0, 0.1) is 0 Å². The molecule has 15 heteroatoms. The minimum Gasteiger partial charge on any atom is -0.455 e. The van der Waals surface area contributed by atoms with Gasteiger partial charge in [-0.25, -0.2) is 4.57 Å². The first-order chi connectivity index (χ1) is 18.3. The summed E-state index contributed by atoms with van der Waals surface area (Å²) in [4.78, 5) is 60.4. The standard InChI is InChI=1S/C24H29O14P/c1-12(25)33-19-20(34-13(2)26)22(36-15(4)28)24(23(37-16(5)29)21(19)35-14(3)27)38-39(30)31-10-17-8-6-7-9-18(17)11-32-39/h6-9,19-24H,10-11H2,1-5H3/t19?,20-,21-,22-,23+,24?/m0/s1. The van der Waals surface area contributed by atoms with Crippen molar-refractivity contribution in [1.29, 1.82) is 0 Å². The van der Waals surface area contributed by atoms with Gasteiger partial charge in [0, 0.05) is 34.6 Å². The Hall–Kier alpha value is -3.32. The average molecular weight is 572 g/mol. The number of phosphoric acid groups is 1. The molecule has 0 bridgehead atoms. The maximum Gasteiger partial charge on any atom is 0.475 e. The van der Waals surface area contributed by atoms with Gasteiger partial charge in [0.05, 0.1) is 13.2 Å². The number of carbonyl (C=O) groups excluding carboxylic acids is 5. The Bertz CT molecular complexity index is 1090. The van der Waals surface area contributed by atoms with Crippen LogP contribution in [0.5, 0.6) is 0 Å². The average Bonchev–Trinajstić information content (AvgIpc) is 2.99.